The molecular formula is C16H17N3. The van der Waals surface area contributed by atoms with Crippen LogP contribution in [-0.2, 0) is 0 Å². The van der Waals surface area contributed by atoms with E-state index in [0.717, 1.165) is 11.3 Å². The van der Waals surface area contributed by atoms with Crippen molar-refractivity contribution in [3.05, 3.63) is 58.8 Å². The van der Waals surface area contributed by atoms with Crippen LogP contribution in [0.15, 0.2) is 36.4 Å². The first kappa shape index (κ1) is 13.1. The maximum absolute atomic E-state index is 9.24. The molecule has 3 nitrogen and oxygen atoms in total. The molecule has 3 heteroatoms. The maximum Gasteiger partial charge on any atom is 0.144 e. The van der Waals surface area contributed by atoms with Crippen LogP contribution in [0.3, 0.4) is 0 Å². The minimum absolute atomic E-state index is 0.113. The van der Waals surface area contributed by atoms with E-state index in [-0.39, 0.29) is 6.04 Å². The van der Waals surface area contributed by atoms with Gasteiger partial charge in [-0.3, -0.25) is 0 Å². The Morgan fingerprint density at radius 3 is 2.53 bits per heavy atom. The van der Waals surface area contributed by atoms with Crippen LogP contribution in [0.4, 0.5) is 5.82 Å². The lowest BCUT2D eigenvalue weighted by Gasteiger charge is -2.17. The third-order valence-corrected chi connectivity index (χ3v) is 3.11. The molecule has 0 saturated carbocycles. The quantitative estimate of drug-likeness (QED) is 0.904. The van der Waals surface area contributed by atoms with Gasteiger partial charge in [-0.25, -0.2) is 4.98 Å². The molecule has 0 bridgehead atoms. The highest BCUT2D eigenvalue weighted by Gasteiger charge is 2.12. The first-order chi connectivity index (χ1) is 9.11. The van der Waals surface area contributed by atoms with E-state index in [1.807, 2.05) is 38.1 Å². The molecule has 0 unspecified atom stereocenters. The number of nitrogens with zero attached hydrogens (tertiary/aromatic N) is 2. The van der Waals surface area contributed by atoms with Gasteiger partial charge in [-0.05, 0) is 38.0 Å². The summed E-state index contributed by atoms with van der Waals surface area (Å²) in [4.78, 5) is 4.44. The van der Waals surface area contributed by atoms with Crippen LogP contribution >= 0.6 is 0 Å². The number of nitrogens with one attached hydrogen (secondary N) is 1. The lowest BCUT2D eigenvalue weighted by molar-refractivity contribution is 0.870. The second kappa shape index (κ2) is 5.53. The lowest BCUT2D eigenvalue weighted by atomic mass is 10.1. The molecule has 0 aliphatic rings. The minimum Gasteiger partial charge on any atom is -0.362 e. The standard InChI is InChI=1S/C16H17N3/c1-11-9-12(2)18-16(15(11)10-17)19-13(3)14-7-5-4-6-8-14/h4-9,13H,1-3H3,(H,18,19)/t13-/m1/s1. The predicted molar refractivity (Wildman–Crippen MR) is 76.9 cm³/mol. The molecule has 0 aliphatic carbocycles. The largest absolute Gasteiger partial charge is 0.362 e. The van der Waals surface area contributed by atoms with Gasteiger partial charge in [-0.2, -0.15) is 5.26 Å². The zero-order valence-electron chi connectivity index (χ0n) is 11.4. The summed E-state index contributed by atoms with van der Waals surface area (Å²) in [5.74, 6) is 0.663. The highest BCUT2D eigenvalue weighted by Crippen LogP contribution is 2.23. The van der Waals surface area contributed by atoms with E-state index < -0.39 is 0 Å². The Balaban J connectivity index is 2.32. The summed E-state index contributed by atoms with van der Waals surface area (Å²) in [5, 5.41) is 12.6. The molecule has 19 heavy (non-hydrogen) atoms. The molecule has 1 heterocycles. The van der Waals surface area contributed by atoms with E-state index >= 15 is 0 Å². The molecule has 2 aromatic rings. The Labute approximate surface area is 113 Å². The van der Waals surface area contributed by atoms with Gasteiger partial charge in [0.1, 0.15) is 11.9 Å². The SMILES string of the molecule is Cc1cc(C)c(C#N)c(N[C@H](C)c2ccccc2)n1. The van der Waals surface area contributed by atoms with Crippen molar-refractivity contribution in [1.82, 2.24) is 4.98 Å². The Morgan fingerprint density at radius 2 is 1.89 bits per heavy atom. The van der Waals surface area contributed by atoms with Crippen LogP contribution in [-0.4, -0.2) is 4.98 Å². The Morgan fingerprint density at radius 1 is 1.21 bits per heavy atom. The number of nitriles is 1. The van der Waals surface area contributed by atoms with Crippen LogP contribution in [0, 0.1) is 25.2 Å². The normalized spacial score (nSPS) is 11.7. The van der Waals surface area contributed by atoms with E-state index in [4.69, 9.17) is 0 Å². The summed E-state index contributed by atoms with van der Waals surface area (Å²) in [7, 11) is 0. The van der Waals surface area contributed by atoms with Crippen LogP contribution in [0.5, 0.6) is 0 Å². The van der Waals surface area contributed by atoms with E-state index in [0.29, 0.717) is 11.4 Å². The van der Waals surface area contributed by atoms with Gasteiger partial charge in [0.05, 0.1) is 5.56 Å². The summed E-state index contributed by atoms with van der Waals surface area (Å²) in [6.07, 6.45) is 0. The van der Waals surface area contributed by atoms with Gasteiger partial charge in [0.25, 0.3) is 0 Å². The number of aryl methyl sites for hydroxylation is 2. The molecule has 1 atom stereocenters. The third-order valence-electron chi connectivity index (χ3n) is 3.11. The summed E-state index contributed by atoms with van der Waals surface area (Å²) in [6.45, 7) is 5.94. The predicted octanol–water partition coefficient (Wildman–Crippen LogP) is 3.74. The second-order valence-corrected chi connectivity index (χ2v) is 4.69. The van der Waals surface area contributed by atoms with E-state index in [2.05, 4.69) is 35.4 Å². The van der Waals surface area contributed by atoms with Crippen molar-refractivity contribution in [3.63, 3.8) is 0 Å². The first-order valence-electron chi connectivity index (χ1n) is 6.31. The van der Waals surface area contributed by atoms with E-state index in [1.54, 1.807) is 0 Å². The first-order valence-corrected chi connectivity index (χ1v) is 6.31. The molecule has 0 amide bonds. The van der Waals surface area contributed by atoms with Crippen molar-refractivity contribution in [2.24, 2.45) is 0 Å². The fourth-order valence-electron chi connectivity index (χ4n) is 2.11. The van der Waals surface area contributed by atoms with E-state index in [9.17, 15) is 5.26 Å². The molecule has 0 aliphatic heterocycles. The summed E-state index contributed by atoms with van der Waals surface area (Å²) in [5.41, 5.74) is 3.66. The van der Waals surface area contributed by atoms with Gasteiger partial charge in [0.2, 0.25) is 0 Å². The van der Waals surface area contributed by atoms with Gasteiger partial charge >= 0.3 is 0 Å². The van der Waals surface area contributed by atoms with Crippen molar-refractivity contribution in [2.45, 2.75) is 26.8 Å². The van der Waals surface area contributed by atoms with Crippen molar-refractivity contribution >= 4 is 5.82 Å². The monoisotopic (exact) mass is 251 g/mol. The van der Waals surface area contributed by atoms with Gasteiger partial charge in [0, 0.05) is 11.7 Å². The van der Waals surface area contributed by atoms with Crippen LogP contribution in [0.2, 0.25) is 0 Å². The Kier molecular flexibility index (Phi) is 3.82. The fraction of sp³-hybridized carbons (Fsp3) is 0.250. The van der Waals surface area contributed by atoms with Crippen LogP contribution < -0.4 is 5.32 Å². The number of pyridine rings is 1. The second-order valence-electron chi connectivity index (χ2n) is 4.69. The molecular weight excluding hydrogens is 234 g/mol. The topological polar surface area (TPSA) is 48.7 Å². The maximum atomic E-state index is 9.24. The minimum atomic E-state index is 0.113. The zero-order chi connectivity index (χ0) is 13.8. The van der Waals surface area contributed by atoms with Crippen LogP contribution in [0.1, 0.15) is 35.3 Å². The van der Waals surface area contributed by atoms with Gasteiger partial charge in [-0.1, -0.05) is 30.3 Å². The zero-order valence-corrected chi connectivity index (χ0v) is 11.4. The molecule has 0 radical (unpaired) electrons. The smallest absolute Gasteiger partial charge is 0.144 e. The highest BCUT2D eigenvalue weighted by atomic mass is 15.0. The average molecular weight is 251 g/mol. The Bertz CT molecular complexity index is 612. The number of aromatic nitrogens is 1. The summed E-state index contributed by atoms with van der Waals surface area (Å²) < 4.78 is 0. The molecule has 96 valence electrons. The molecule has 2 rings (SSSR count). The molecule has 0 saturated heterocycles. The average Bonchev–Trinajstić information content (AvgIpc) is 2.39. The number of rotatable bonds is 3. The van der Waals surface area contributed by atoms with Crippen molar-refractivity contribution in [3.8, 4) is 6.07 Å². The fourth-order valence-corrected chi connectivity index (χ4v) is 2.11. The third kappa shape index (κ3) is 2.92. The van der Waals surface area contributed by atoms with Crippen molar-refractivity contribution in [2.75, 3.05) is 5.32 Å². The summed E-state index contributed by atoms with van der Waals surface area (Å²) in [6, 6.07) is 14.4. The number of hydrogen-bond acceptors (Lipinski definition) is 3. The lowest BCUT2D eigenvalue weighted by Crippen LogP contribution is -2.10. The molecule has 1 aromatic carbocycles. The number of benzene rings is 1. The van der Waals surface area contributed by atoms with Gasteiger partial charge in [-0.15, -0.1) is 0 Å². The number of hydrogen-bond donors (Lipinski definition) is 1. The highest BCUT2D eigenvalue weighted by molar-refractivity contribution is 5.57. The molecule has 1 N–H and O–H groups in total. The van der Waals surface area contributed by atoms with E-state index in [1.165, 1.54) is 5.56 Å². The Hall–Kier alpha value is -2.34. The van der Waals surface area contributed by atoms with Crippen molar-refractivity contribution < 1.29 is 0 Å². The number of anilines is 1. The molecule has 0 fully saturated rings. The van der Waals surface area contributed by atoms with Crippen molar-refractivity contribution in [1.29, 1.82) is 5.26 Å². The van der Waals surface area contributed by atoms with Crippen LogP contribution in [0.25, 0.3) is 0 Å². The van der Waals surface area contributed by atoms with Gasteiger partial charge in [0.15, 0.2) is 0 Å². The van der Waals surface area contributed by atoms with Gasteiger partial charge < -0.3 is 5.32 Å². The molecule has 1 aromatic heterocycles. The molecule has 0 spiro atoms. The summed E-state index contributed by atoms with van der Waals surface area (Å²) >= 11 is 0.